The van der Waals surface area contributed by atoms with Crippen LogP contribution in [0.3, 0.4) is 0 Å². The van der Waals surface area contributed by atoms with Crippen molar-refractivity contribution in [2.24, 2.45) is 5.41 Å². The molecule has 1 N–H and O–H groups in total. The lowest BCUT2D eigenvalue weighted by molar-refractivity contribution is -0.145. The third-order valence-electron chi connectivity index (χ3n) is 1.74. The standard InChI is InChI=1S/C10H19NO3/c1-5-11(7-9(13)14)8(12)6-10(2,3)4/h5-7H2,1-4H3,(H,13,14). The highest BCUT2D eigenvalue weighted by atomic mass is 16.4. The summed E-state index contributed by atoms with van der Waals surface area (Å²) in [5.41, 5.74) is -0.0942. The normalized spacial score (nSPS) is 11.1. The second-order valence-electron chi connectivity index (χ2n) is 4.54. The molecule has 0 aliphatic heterocycles. The second-order valence-corrected chi connectivity index (χ2v) is 4.54. The lowest BCUT2D eigenvalue weighted by atomic mass is 9.91. The number of rotatable bonds is 4. The van der Waals surface area contributed by atoms with E-state index in [4.69, 9.17) is 5.11 Å². The van der Waals surface area contributed by atoms with Crippen molar-refractivity contribution in [3.63, 3.8) is 0 Å². The van der Waals surface area contributed by atoms with Crippen LogP contribution in [-0.2, 0) is 9.59 Å². The Morgan fingerprint density at radius 3 is 2.07 bits per heavy atom. The van der Waals surface area contributed by atoms with Gasteiger partial charge in [-0.3, -0.25) is 9.59 Å². The molecule has 0 saturated heterocycles. The summed E-state index contributed by atoms with van der Waals surface area (Å²) in [6.45, 7) is 7.90. The molecule has 0 aromatic heterocycles. The predicted octanol–water partition coefficient (Wildman–Crippen LogP) is 1.36. The summed E-state index contributed by atoms with van der Waals surface area (Å²) in [5, 5.41) is 8.57. The molecule has 0 saturated carbocycles. The Morgan fingerprint density at radius 2 is 1.79 bits per heavy atom. The van der Waals surface area contributed by atoms with Crippen LogP contribution in [0, 0.1) is 5.41 Å². The Hall–Kier alpha value is -1.06. The van der Waals surface area contributed by atoms with Gasteiger partial charge in [-0.2, -0.15) is 0 Å². The smallest absolute Gasteiger partial charge is 0.323 e. The number of hydrogen-bond acceptors (Lipinski definition) is 2. The van der Waals surface area contributed by atoms with Crippen molar-refractivity contribution in [1.82, 2.24) is 4.90 Å². The minimum atomic E-state index is -0.964. The molecule has 0 rings (SSSR count). The molecule has 0 bridgehead atoms. The molecule has 0 aliphatic carbocycles. The van der Waals surface area contributed by atoms with E-state index in [0.717, 1.165) is 0 Å². The highest BCUT2D eigenvalue weighted by molar-refractivity contribution is 5.81. The molecule has 0 spiro atoms. The quantitative estimate of drug-likeness (QED) is 0.747. The van der Waals surface area contributed by atoms with Crippen molar-refractivity contribution in [1.29, 1.82) is 0 Å². The minimum absolute atomic E-state index is 0.0942. The molecule has 14 heavy (non-hydrogen) atoms. The fraction of sp³-hybridized carbons (Fsp3) is 0.800. The fourth-order valence-corrected chi connectivity index (χ4v) is 1.11. The van der Waals surface area contributed by atoms with Gasteiger partial charge in [0.25, 0.3) is 0 Å². The number of hydrogen-bond donors (Lipinski definition) is 1. The zero-order valence-electron chi connectivity index (χ0n) is 9.33. The number of carbonyl (C=O) groups is 2. The molecule has 0 fully saturated rings. The van der Waals surface area contributed by atoms with Gasteiger partial charge in [-0.1, -0.05) is 20.8 Å². The van der Waals surface area contributed by atoms with Gasteiger partial charge in [-0.25, -0.2) is 0 Å². The Morgan fingerprint density at radius 1 is 1.29 bits per heavy atom. The first-order valence-corrected chi connectivity index (χ1v) is 4.76. The van der Waals surface area contributed by atoms with E-state index in [9.17, 15) is 9.59 Å². The van der Waals surface area contributed by atoms with Crippen LogP contribution in [0.25, 0.3) is 0 Å². The number of likely N-dealkylation sites (N-methyl/N-ethyl adjacent to an activating group) is 1. The van der Waals surface area contributed by atoms with Gasteiger partial charge in [0, 0.05) is 13.0 Å². The van der Waals surface area contributed by atoms with E-state index in [1.807, 2.05) is 20.8 Å². The van der Waals surface area contributed by atoms with Crippen molar-refractivity contribution < 1.29 is 14.7 Å². The number of carboxylic acid groups (broad SMARTS) is 1. The van der Waals surface area contributed by atoms with Crippen LogP contribution in [0.2, 0.25) is 0 Å². The Kier molecular flexibility index (Phi) is 4.60. The maximum absolute atomic E-state index is 11.6. The summed E-state index contributed by atoms with van der Waals surface area (Å²) in [6, 6.07) is 0. The van der Waals surface area contributed by atoms with Crippen LogP contribution in [0.4, 0.5) is 0 Å². The molecule has 0 aromatic rings. The Labute approximate surface area is 84.9 Å². The molecular weight excluding hydrogens is 182 g/mol. The SMILES string of the molecule is CCN(CC(=O)O)C(=O)CC(C)(C)C. The molecule has 82 valence electrons. The Balaban J connectivity index is 4.25. The van der Waals surface area contributed by atoms with Gasteiger partial charge in [0.2, 0.25) is 5.91 Å². The largest absolute Gasteiger partial charge is 0.480 e. The van der Waals surface area contributed by atoms with Gasteiger partial charge in [0.1, 0.15) is 6.54 Å². The molecule has 4 heteroatoms. The molecular formula is C10H19NO3. The number of amides is 1. The van der Waals surface area contributed by atoms with Crippen molar-refractivity contribution in [3.8, 4) is 0 Å². The summed E-state index contributed by atoms with van der Waals surface area (Å²) in [5.74, 6) is -1.06. The predicted molar refractivity (Wildman–Crippen MR) is 54.0 cm³/mol. The molecule has 4 nitrogen and oxygen atoms in total. The van der Waals surface area contributed by atoms with Gasteiger partial charge >= 0.3 is 5.97 Å². The summed E-state index contributed by atoms with van der Waals surface area (Å²) in [6.07, 6.45) is 0.383. The fourth-order valence-electron chi connectivity index (χ4n) is 1.11. The monoisotopic (exact) mass is 201 g/mol. The average molecular weight is 201 g/mol. The number of aliphatic carboxylic acids is 1. The van der Waals surface area contributed by atoms with E-state index in [1.165, 1.54) is 4.90 Å². The van der Waals surface area contributed by atoms with E-state index in [1.54, 1.807) is 6.92 Å². The van der Waals surface area contributed by atoms with E-state index in [0.29, 0.717) is 13.0 Å². The number of carboxylic acids is 1. The first-order chi connectivity index (χ1) is 6.26. The minimum Gasteiger partial charge on any atom is -0.480 e. The van der Waals surface area contributed by atoms with E-state index in [-0.39, 0.29) is 17.9 Å². The summed E-state index contributed by atoms with van der Waals surface area (Å²) >= 11 is 0. The van der Waals surface area contributed by atoms with Crippen LogP contribution in [0.5, 0.6) is 0 Å². The van der Waals surface area contributed by atoms with E-state index >= 15 is 0 Å². The van der Waals surface area contributed by atoms with Crippen LogP contribution in [-0.4, -0.2) is 35.0 Å². The highest BCUT2D eigenvalue weighted by Gasteiger charge is 2.21. The lowest BCUT2D eigenvalue weighted by Crippen LogP contribution is -2.37. The summed E-state index contributed by atoms with van der Waals surface area (Å²) < 4.78 is 0. The zero-order valence-corrected chi connectivity index (χ0v) is 9.33. The average Bonchev–Trinajstić information content (AvgIpc) is 1.96. The van der Waals surface area contributed by atoms with Gasteiger partial charge in [0.05, 0.1) is 0 Å². The lowest BCUT2D eigenvalue weighted by Gasteiger charge is -2.24. The topological polar surface area (TPSA) is 57.6 Å². The van der Waals surface area contributed by atoms with Gasteiger partial charge in [-0.05, 0) is 12.3 Å². The van der Waals surface area contributed by atoms with Gasteiger partial charge in [-0.15, -0.1) is 0 Å². The summed E-state index contributed by atoms with van der Waals surface area (Å²) in [7, 11) is 0. The van der Waals surface area contributed by atoms with Crippen molar-refractivity contribution in [2.75, 3.05) is 13.1 Å². The van der Waals surface area contributed by atoms with Crippen LogP contribution < -0.4 is 0 Å². The van der Waals surface area contributed by atoms with Gasteiger partial charge < -0.3 is 10.0 Å². The van der Waals surface area contributed by atoms with Crippen LogP contribution in [0.15, 0.2) is 0 Å². The van der Waals surface area contributed by atoms with E-state index in [2.05, 4.69) is 0 Å². The maximum Gasteiger partial charge on any atom is 0.323 e. The highest BCUT2D eigenvalue weighted by Crippen LogP contribution is 2.19. The number of nitrogens with zero attached hydrogens (tertiary/aromatic N) is 1. The molecule has 0 atom stereocenters. The molecule has 1 amide bonds. The molecule has 0 heterocycles. The van der Waals surface area contributed by atoms with E-state index < -0.39 is 5.97 Å². The number of carbonyl (C=O) groups excluding carboxylic acids is 1. The second kappa shape index (κ2) is 4.98. The first-order valence-electron chi connectivity index (χ1n) is 4.76. The third-order valence-corrected chi connectivity index (χ3v) is 1.74. The van der Waals surface area contributed by atoms with Crippen LogP contribution in [0.1, 0.15) is 34.1 Å². The maximum atomic E-state index is 11.6. The Bertz CT molecular complexity index is 218. The third kappa shape index (κ3) is 5.56. The molecule has 0 aliphatic rings. The van der Waals surface area contributed by atoms with Crippen molar-refractivity contribution in [3.05, 3.63) is 0 Å². The van der Waals surface area contributed by atoms with Crippen molar-refractivity contribution >= 4 is 11.9 Å². The molecule has 0 unspecified atom stereocenters. The van der Waals surface area contributed by atoms with Crippen molar-refractivity contribution in [2.45, 2.75) is 34.1 Å². The molecule has 0 radical (unpaired) electrons. The summed E-state index contributed by atoms with van der Waals surface area (Å²) in [4.78, 5) is 23.4. The van der Waals surface area contributed by atoms with Crippen LogP contribution >= 0.6 is 0 Å². The van der Waals surface area contributed by atoms with Gasteiger partial charge in [0.15, 0.2) is 0 Å². The zero-order chi connectivity index (χ0) is 11.4. The molecule has 0 aromatic carbocycles. The first kappa shape index (κ1) is 12.9.